The van der Waals surface area contributed by atoms with E-state index in [4.69, 9.17) is 11.6 Å². The van der Waals surface area contributed by atoms with Crippen LogP contribution in [0, 0.1) is 0 Å². The molecule has 0 aliphatic rings. The summed E-state index contributed by atoms with van der Waals surface area (Å²) >= 11 is 5.89. The molecule has 0 amide bonds. The van der Waals surface area contributed by atoms with Crippen LogP contribution in [0.5, 0.6) is 0 Å². The molecule has 0 aliphatic carbocycles. The van der Waals surface area contributed by atoms with E-state index in [1.54, 1.807) is 0 Å². The van der Waals surface area contributed by atoms with E-state index in [-0.39, 0.29) is 0 Å². The third kappa shape index (κ3) is 3.98. The molecule has 0 saturated heterocycles. The molecule has 1 N–H and O–H groups in total. The third-order valence-corrected chi connectivity index (χ3v) is 3.34. The molecule has 0 aromatic heterocycles. The first-order valence-corrected chi connectivity index (χ1v) is 6.76. The molecule has 0 fully saturated rings. The van der Waals surface area contributed by atoms with Crippen LogP contribution in [0.1, 0.15) is 11.1 Å². The van der Waals surface area contributed by atoms with Gasteiger partial charge in [-0.25, -0.2) is 0 Å². The first-order chi connectivity index (χ1) is 9.19. The van der Waals surface area contributed by atoms with Gasteiger partial charge < -0.3 is 10.2 Å². The highest BCUT2D eigenvalue weighted by molar-refractivity contribution is 6.30. The number of hydrogen-bond donors (Lipinski definition) is 1. The average Bonchev–Trinajstić information content (AvgIpc) is 2.42. The summed E-state index contributed by atoms with van der Waals surface area (Å²) in [6, 6.07) is 16.6. The first kappa shape index (κ1) is 13.9. The number of nitrogens with one attached hydrogen (secondary N) is 1. The van der Waals surface area contributed by atoms with Crippen LogP contribution in [0.4, 0.5) is 5.69 Å². The molecule has 0 aliphatic heterocycles. The number of benzene rings is 2. The molecule has 2 aromatic carbocycles. The molecular formula is C16H19ClN2. The fourth-order valence-corrected chi connectivity index (χ4v) is 2.15. The lowest BCUT2D eigenvalue weighted by molar-refractivity contribution is 0.817. The Balaban J connectivity index is 2.02. The van der Waals surface area contributed by atoms with Gasteiger partial charge in [0.05, 0.1) is 0 Å². The van der Waals surface area contributed by atoms with E-state index in [1.165, 1.54) is 16.8 Å². The van der Waals surface area contributed by atoms with Crippen LogP contribution in [0.25, 0.3) is 0 Å². The van der Waals surface area contributed by atoms with Crippen molar-refractivity contribution in [2.45, 2.75) is 13.1 Å². The van der Waals surface area contributed by atoms with E-state index >= 15 is 0 Å². The Morgan fingerprint density at radius 3 is 2.11 bits per heavy atom. The summed E-state index contributed by atoms with van der Waals surface area (Å²) in [5, 5.41) is 3.93. The molecule has 0 radical (unpaired) electrons. The molecule has 2 aromatic rings. The van der Waals surface area contributed by atoms with Crippen LogP contribution < -0.4 is 10.2 Å². The number of nitrogens with zero attached hydrogens (tertiary/aromatic N) is 1. The SMILES string of the molecule is CNCc1ccc(N(C)Cc2ccc(Cl)cc2)cc1. The topological polar surface area (TPSA) is 15.3 Å². The second-order valence-electron chi connectivity index (χ2n) is 4.68. The third-order valence-electron chi connectivity index (χ3n) is 3.09. The predicted molar refractivity (Wildman–Crippen MR) is 82.8 cm³/mol. The monoisotopic (exact) mass is 274 g/mol. The Morgan fingerprint density at radius 2 is 1.53 bits per heavy atom. The molecule has 2 nitrogen and oxygen atoms in total. The van der Waals surface area contributed by atoms with E-state index < -0.39 is 0 Å². The second-order valence-corrected chi connectivity index (χ2v) is 5.12. The van der Waals surface area contributed by atoms with Crippen molar-refractivity contribution in [2.75, 3.05) is 19.0 Å². The smallest absolute Gasteiger partial charge is 0.0426 e. The highest BCUT2D eigenvalue weighted by atomic mass is 35.5. The fraction of sp³-hybridized carbons (Fsp3) is 0.250. The molecule has 100 valence electrons. The zero-order valence-corrected chi connectivity index (χ0v) is 12.1. The Kier molecular flexibility index (Phi) is 4.83. The summed E-state index contributed by atoms with van der Waals surface area (Å²) in [5.74, 6) is 0. The Bertz CT molecular complexity index is 505. The van der Waals surface area contributed by atoms with Gasteiger partial charge in [-0.1, -0.05) is 35.9 Å². The minimum atomic E-state index is 0.780. The molecule has 3 heteroatoms. The van der Waals surface area contributed by atoms with E-state index in [1.807, 2.05) is 19.2 Å². The van der Waals surface area contributed by atoms with Crippen molar-refractivity contribution in [2.24, 2.45) is 0 Å². The lowest BCUT2D eigenvalue weighted by Crippen LogP contribution is -2.16. The number of hydrogen-bond acceptors (Lipinski definition) is 2. The van der Waals surface area contributed by atoms with E-state index in [2.05, 4.69) is 53.7 Å². The normalized spacial score (nSPS) is 10.5. The molecule has 0 unspecified atom stereocenters. The van der Waals surface area contributed by atoms with Crippen molar-refractivity contribution in [1.82, 2.24) is 5.32 Å². The Hall–Kier alpha value is -1.51. The van der Waals surface area contributed by atoms with Crippen molar-refractivity contribution in [3.63, 3.8) is 0 Å². The average molecular weight is 275 g/mol. The van der Waals surface area contributed by atoms with Crippen LogP contribution >= 0.6 is 11.6 Å². The number of rotatable bonds is 5. The molecule has 0 atom stereocenters. The zero-order valence-electron chi connectivity index (χ0n) is 11.4. The van der Waals surface area contributed by atoms with Gasteiger partial charge in [0.25, 0.3) is 0 Å². The van der Waals surface area contributed by atoms with Gasteiger partial charge in [-0.15, -0.1) is 0 Å². The number of halogens is 1. The minimum Gasteiger partial charge on any atom is -0.370 e. The van der Waals surface area contributed by atoms with Crippen LogP contribution in [0.3, 0.4) is 0 Å². The lowest BCUT2D eigenvalue weighted by atomic mass is 10.1. The van der Waals surface area contributed by atoms with Gasteiger partial charge in [-0.3, -0.25) is 0 Å². The van der Waals surface area contributed by atoms with Gasteiger partial charge in [-0.05, 0) is 42.4 Å². The van der Waals surface area contributed by atoms with E-state index in [0.717, 1.165) is 18.1 Å². The van der Waals surface area contributed by atoms with Gasteiger partial charge in [0.2, 0.25) is 0 Å². The lowest BCUT2D eigenvalue weighted by Gasteiger charge is -2.19. The van der Waals surface area contributed by atoms with Gasteiger partial charge in [0.15, 0.2) is 0 Å². The summed E-state index contributed by atoms with van der Waals surface area (Å²) in [7, 11) is 4.06. The van der Waals surface area contributed by atoms with Gasteiger partial charge in [-0.2, -0.15) is 0 Å². The Labute approximate surface area is 120 Å². The maximum atomic E-state index is 5.89. The summed E-state index contributed by atoms with van der Waals surface area (Å²) in [5.41, 5.74) is 3.77. The van der Waals surface area contributed by atoms with Gasteiger partial charge >= 0.3 is 0 Å². The molecule has 19 heavy (non-hydrogen) atoms. The maximum Gasteiger partial charge on any atom is 0.0426 e. The Morgan fingerprint density at radius 1 is 0.947 bits per heavy atom. The van der Waals surface area contributed by atoms with Crippen molar-refractivity contribution in [3.05, 3.63) is 64.7 Å². The van der Waals surface area contributed by atoms with Crippen LogP contribution in [0.15, 0.2) is 48.5 Å². The van der Waals surface area contributed by atoms with Crippen molar-refractivity contribution < 1.29 is 0 Å². The summed E-state index contributed by atoms with van der Waals surface area (Å²) in [4.78, 5) is 2.23. The molecule has 0 saturated carbocycles. The number of anilines is 1. The molecule has 2 rings (SSSR count). The van der Waals surface area contributed by atoms with Crippen LogP contribution in [0.2, 0.25) is 5.02 Å². The van der Waals surface area contributed by atoms with Crippen molar-refractivity contribution in [1.29, 1.82) is 0 Å². The van der Waals surface area contributed by atoms with E-state index in [0.29, 0.717) is 0 Å². The molecule has 0 heterocycles. The molecular weight excluding hydrogens is 256 g/mol. The summed E-state index contributed by atoms with van der Waals surface area (Å²) in [6.07, 6.45) is 0. The first-order valence-electron chi connectivity index (χ1n) is 6.38. The fourth-order valence-electron chi connectivity index (χ4n) is 2.03. The molecule has 0 bridgehead atoms. The maximum absolute atomic E-state index is 5.89. The van der Waals surface area contributed by atoms with Gasteiger partial charge in [0.1, 0.15) is 0 Å². The summed E-state index contributed by atoms with van der Waals surface area (Å²) in [6.45, 7) is 1.78. The van der Waals surface area contributed by atoms with Crippen LogP contribution in [-0.2, 0) is 13.1 Å². The molecule has 0 spiro atoms. The largest absolute Gasteiger partial charge is 0.370 e. The highest BCUT2D eigenvalue weighted by Gasteiger charge is 2.02. The summed E-state index contributed by atoms with van der Waals surface area (Å²) < 4.78 is 0. The van der Waals surface area contributed by atoms with Crippen molar-refractivity contribution >= 4 is 17.3 Å². The minimum absolute atomic E-state index is 0.780. The quantitative estimate of drug-likeness (QED) is 0.894. The van der Waals surface area contributed by atoms with Gasteiger partial charge in [0, 0.05) is 30.8 Å². The predicted octanol–water partition coefficient (Wildman–Crippen LogP) is 3.70. The standard InChI is InChI=1S/C16H19ClN2/c1-18-11-13-5-9-16(10-6-13)19(2)12-14-3-7-15(17)8-4-14/h3-10,18H,11-12H2,1-2H3. The van der Waals surface area contributed by atoms with Crippen LogP contribution in [-0.4, -0.2) is 14.1 Å². The second kappa shape index (κ2) is 6.60. The zero-order chi connectivity index (χ0) is 13.7. The van der Waals surface area contributed by atoms with Crippen molar-refractivity contribution in [3.8, 4) is 0 Å². The van der Waals surface area contributed by atoms with E-state index in [9.17, 15) is 0 Å². The highest BCUT2D eigenvalue weighted by Crippen LogP contribution is 2.17.